The van der Waals surface area contributed by atoms with Crippen molar-refractivity contribution in [3.05, 3.63) is 59.8 Å². The van der Waals surface area contributed by atoms with Gasteiger partial charge in [0.25, 0.3) is 0 Å². The first-order valence-corrected chi connectivity index (χ1v) is 9.24. The molecule has 0 bridgehead atoms. The van der Waals surface area contributed by atoms with Gasteiger partial charge in [0.05, 0.1) is 5.92 Å². The van der Waals surface area contributed by atoms with E-state index in [1.54, 1.807) is 0 Å². The van der Waals surface area contributed by atoms with Crippen molar-refractivity contribution in [2.24, 2.45) is 5.92 Å². The van der Waals surface area contributed by atoms with E-state index in [9.17, 15) is 4.79 Å². The molecule has 26 heavy (non-hydrogen) atoms. The molecule has 1 aliphatic rings. The van der Waals surface area contributed by atoms with Crippen LogP contribution in [0.15, 0.2) is 48.7 Å². The molecule has 1 aromatic carbocycles. The molecule has 5 heteroatoms. The maximum absolute atomic E-state index is 11.6. The Morgan fingerprint density at radius 3 is 2.54 bits per heavy atom. The highest BCUT2D eigenvalue weighted by Crippen LogP contribution is 2.15. The molecule has 0 spiro atoms. The zero-order valence-corrected chi connectivity index (χ0v) is 15.6. The molecule has 1 saturated heterocycles. The number of anilines is 1. The van der Waals surface area contributed by atoms with E-state index in [2.05, 4.69) is 33.0 Å². The summed E-state index contributed by atoms with van der Waals surface area (Å²) >= 11 is 0. The van der Waals surface area contributed by atoms with Crippen LogP contribution in [0.3, 0.4) is 0 Å². The summed E-state index contributed by atoms with van der Waals surface area (Å²) in [5.74, 6) is 0.816. The molecular formula is C21H27N3O2. The molecule has 0 saturated carbocycles. The van der Waals surface area contributed by atoms with Crippen LogP contribution in [0.1, 0.15) is 25.0 Å². The first-order chi connectivity index (χ1) is 12.6. The Bertz CT molecular complexity index is 710. The lowest BCUT2D eigenvalue weighted by atomic mass is 10.1. The Hall–Kier alpha value is -2.40. The summed E-state index contributed by atoms with van der Waals surface area (Å²) in [5, 5.41) is 0. The number of nitrogens with zero attached hydrogens (tertiary/aromatic N) is 3. The Balaban J connectivity index is 1.50. The second kappa shape index (κ2) is 8.81. The third-order valence-electron chi connectivity index (χ3n) is 4.60. The highest BCUT2D eigenvalue weighted by Gasteiger charge is 2.18. The molecule has 5 nitrogen and oxygen atoms in total. The molecule has 1 aromatic heterocycles. The Morgan fingerprint density at radius 2 is 1.85 bits per heavy atom. The monoisotopic (exact) mass is 353 g/mol. The van der Waals surface area contributed by atoms with Gasteiger partial charge in [0, 0.05) is 38.9 Å². The highest BCUT2D eigenvalue weighted by atomic mass is 16.5. The van der Waals surface area contributed by atoms with E-state index >= 15 is 0 Å². The van der Waals surface area contributed by atoms with Crippen LogP contribution in [0, 0.1) is 5.92 Å². The summed E-state index contributed by atoms with van der Waals surface area (Å²) in [6.07, 6.45) is 1.85. The smallest absolute Gasteiger partial charge is 0.308 e. The number of ether oxygens (including phenoxy) is 1. The van der Waals surface area contributed by atoms with Crippen LogP contribution in [0.2, 0.25) is 0 Å². The minimum atomic E-state index is -0.152. The summed E-state index contributed by atoms with van der Waals surface area (Å²) in [5.41, 5.74) is 2.30. The number of pyridine rings is 1. The first kappa shape index (κ1) is 18.4. The van der Waals surface area contributed by atoms with Crippen molar-refractivity contribution in [1.29, 1.82) is 0 Å². The number of carbonyl (C=O) groups is 1. The second-order valence-corrected chi connectivity index (χ2v) is 7.03. The summed E-state index contributed by atoms with van der Waals surface area (Å²) in [6.45, 7) is 8.98. The van der Waals surface area contributed by atoms with Crippen molar-refractivity contribution < 1.29 is 9.53 Å². The van der Waals surface area contributed by atoms with E-state index in [1.165, 1.54) is 5.56 Å². The van der Waals surface area contributed by atoms with Crippen LogP contribution < -0.4 is 4.90 Å². The zero-order valence-electron chi connectivity index (χ0n) is 15.6. The Labute approximate surface area is 155 Å². The Morgan fingerprint density at radius 1 is 1.08 bits per heavy atom. The van der Waals surface area contributed by atoms with E-state index < -0.39 is 0 Å². The maximum Gasteiger partial charge on any atom is 0.308 e. The molecule has 138 valence electrons. The van der Waals surface area contributed by atoms with Gasteiger partial charge in [-0.25, -0.2) is 4.98 Å². The van der Waals surface area contributed by atoms with Gasteiger partial charge in [-0.15, -0.1) is 0 Å². The molecule has 1 aliphatic heterocycles. The van der Waals surface area contributed by atoms with Gasteiger partial charge in [0.1, 0.15) is 12.4 Å². The second-order valence-electron chi connectivity index (χ2n) is 7.03. The van der Waals surface area contributed by atoms with Gasteiger partial charge in [-0.1, -0.05) is 44.2 Å². The van der Waals surface area contributed by atoms with E-state index in [0.29, 0.717) is 6.61 Å². The SMILES string of the molecule is CC(C)C(=O)OCc1cccc(CN2CCN(c3ccccn3)CC2)c1. The van der Waals surface area contributed by atoms with Gasteiger partial charge in [-0.05, 0) is 23.3 Å². The van der Waals surface area contributed by atoms with Gasteiger partial charge in [0.15, 0.2) is 0 Å². The van der Waals surface area contributed by atoms with Crippen molar-refractivity contribution in [3.8, 4) is 0 Å². The predicted molar refractivity (Wildman–Crippen MR) is 103 cm³/mol. The minimum absolute atomic E-state index is 0.0893. The minimum Gasteiger partial charge on any atom is -0.461 e. The summed E-state index contributed by atoms with van der Waals surface area (Å²) in [6, 6.07) is 14.4. The summed E-state index contributed by atoms with van der Waals surface area (Å²) < 4.78 is 5.33. The molecule has 0 N–H and O–H groups in total. The highest BCUT2D eigenvalue weighted by molar-refractivity contribution is 5.71. The lowest BCUT2D eigenvalue weighted by molar-refractivity contribution is -0.148. The number of piperazine rings is 1. The molecule has 0 atom stereocenters. The van der Waals surface area contributed by atoms with E-state index in [0.717, 1.165) is 44.1 Å². The number of aromatic nitrogens is 1. The van der Waals surface area contributed by atoms with Crippen molar-refractivity contribution in [2.75, 3.05) is 31.1 Å². The summed E-state index contributed by atoms with van der Waals surface area (Å²) in [4.78, 5) is 20.9. The average molecular weight is 353 g/mol. The fourth-order valence-corrected chi connectivity index (χ4v) is 3.07. The first-order valence-electron chi connectivity index (χ1n) is 9.24. The van der Waals surface area contributed by atoms with Gasteiger partial charge in [0.2, 0.25) is 0 Å². The van der Waals surface area contributed by atoms with Crippen LogP contribution >= 0.6 is 0 Å². The number of carbonyl (C=O) groups excluding carboxylic acids is 1. The molecular weight excluding hydrogens is 326 g/mol. The lowest BCUT2D eigenvalue weighted by Gasteiger charge is -2.35. The molecule has 1 fully saturated rings. The molecule has 0 unspecified atom stereocenters. The number of benzene rings is 1. The fourth-order valence-electron chi connectivity index (χ4n) is 3.07. The maximum atomic E-state index is 11.6. The van der Waals surface area contributed by atoms with Crippen LogP contribution in [0.5, 0.6) is 0 Å². The third kappa shape index (κ3) is 5.05. The lowest BCUT2D eigenvalue weighted by Crippen LogP contribution is -2.46. The van der Waals surface area contributed by atoms with Gasteiger partial charge < -0.3 is 9.64 Å². The van der Waals surface area contributed by atoms with Crippen molar-refractivity contribution >= 4 is 11.8 Å². The zero-order chi connectivity index (χ0) is 18.4. The molecule has 2 heterocycles. The molecule has 0 radical (unpaired) electrons. The van der Waals surface area contributed by atoms with Crippen molar-refractivity contribution in [3.63, 3.8) is 0 Å². The van der Waals surface area contributed by atoms with E-state index in [-0.39, 0.29) is 11.9 Å². The number of esters is 1. The third-order valence-corrected chi connectivity index (χ3v) is 4.60. The average Bonchev–Trinajstić information content (AvgIpc) is 2.67. The van der Waals surface area contributed by atoms with Crippen molar-refractivity contribution in [1.82, 2.24) is 9.88 Å². The number of hydrogen-bond donors (Lipinski definition) is 0. The molecule has 3 rings (SSSR count). The van der Waals surface area contributed by atoms with E-state index in [1.807, 2.05) is 44.3 Å². The predicted octanol–water partition coefficient (Wildman–Crippen LogP) is 3.10. The number of hydrogen-bond acceptors (Lipinski definition) is 5. The quantitative estimate of drug-likeness (QED) is 0.747. The van der Waals surface area contributed by atoms with E-state index in [4.69, 9.17) is 4.74 Å². The van der Waals surface area contributed by atoms with Crippen molar-refractivity contribution in [2.45, 2.75) is 27.0 Å². The number of rotatable bonds is 6. The molecule has 0 amide bonds. The normalized spacial score (nSPS) is 15.3. The largest absolute Gasteiger partial charge is 0.461 e. The van der Waals surface area contributed by atoms with Crippen LogP contribution in [-0.2, 0) is 22.7 Å². The molecule has 2 aromatic rings. The molecule has 0 aliphatic carbocycles. The topological polar surface area (TPSA) is 45.7 Å². The van der Waals surface area contributed by atoms with Gasteiger partial charge in [-0.3, -0.25) is 9.69 Å². The van der Waals surface area contributed by atoms with Crippen LogP contribution in [0.25, 0.3) is 0 Å². The summed E-state index contributed by atoms with van der Waals surface area (Å²) in [7, 11) is 0. The Kier molecular flexibility index (Phi) is 6.23. The van der Waals surface area contributed by atoms with Gasteiger partial charge in [-0.2, -0.15) is 0 Å². The standard InChI is InChI=1S/C21H27N3O2/c1-17(2)21(25)26-16-19-7-5-6-18(14-19)15-23-10-12-24(13-11-23)20-8-3-4-9-22-20/h3-9,14,17H,10-13,15-16H2,1-2H3. The van der Waals surface area contributed by atoms with Crippen LogP contribution in [-0.4, -0.2) is 42.0 Å². The fraction of sp³-hybridized carbons (Fsp3) is 0.429. The van der Waals surface area contributed by atoms with Gasteiger partial charge >= 0.3 is 5.97 Å². The van der Waals surface area contributed by atoms with Crippen LogP contribution in [0.4, 0.5) is 5.82 Å².